The summed E-state index contributed by atoms with van der Waals surface area (Å²) in [5, 5.41) is 6.80. The lowest BCUT2D eigenvalue weighted by Gasteiger charge is -2.41. The van der Waals surface area contributed by atoms with E-state index in [0.29, 0.717) is 6.54 Å². The number of ether oxygens (including phenoxy) is 1. The third-order valence-electron chi connectivity index (χ3n) is 4.45. The van der Waals surface area contributed by atoms with Gasteiger partial charge in [-0.15, -0.1) is 0 Å². The first-order valence-corrected chi connectivity index (χ1v) is 8.83. The van der Waals surface area contributed by atoms with Crippen LogP contribution in [-0.4, -0.2) is 55.8 Å². The van der Waals surface area contributed by atoms with E-state index in [1.54, 1.807) is 0 Å². The molecule has 1 aromatic heterocycles. The van der Waals surface area contributed by atoms with Crippen LogP contribution in [0, 0.1) is 13.8 Å². The standard InChI is InChI=1S/C18H32N4O2/c1-6-19-17(20-12-16-11-14(2)24-15(16)3)21-13-18(4,5)22-7-9-23-10-8-22/h11H,6-10,12-13H2,1-5H3,(H2,19,20,21). The molecule has 6 nitrogen and oxygen atoms in total. The maximum absolute atomic E-state index is 5.57. The summed E-state index contributed by atoms with van der Waals surface area (Å²) < 4.78 is 11.0. The minimum Gasteiger partial charge on any atom is -0.466 e. The van der Waals surface area contributed by atoms with E-state index in [0.717, 1.165) is 62.4 Å². The van der Waals surface area contributed by atoms with Gasteiger partial charge in [0.1, 0.15) is 11.5 Å². The van der Waals surface area contributed by atoms with Crippen molar-refractivity contribution in [3.8, 4) is 0 Å². The second-order valence-electron chi connectivity index (χ2n) is 6.90. The van der Waals surface area contributed by atoms with Gasteiger partial charge >= 0.3 is 0 Å². The predicted molar refractivity (Wildman–Crippen MR) is 97.5 cm³/mol. The first-order chi connectivity index (χ1) is 11.4. The zero-order valence-corrected chi connectivity index (χ0v) is 15.7. The molecule has 0 bridgehead atoms. The first-order valence-electron chi connectivity index (χ1n) is 8.83. The van der Waals surface area contributed by atoms with E-state index in [1.807, 2.05) is 13.8 Å². The molecule has 24 heavy (non-hydrogen) atoms. The quantitative estimate of drug-likeness (QED) is 0.615. The monoisotopic (exact) mass is 336 g/mol. The second-order valence-corrected chi connectivity index (χ2v) is 6.90. The van der Waals surface area contributed by atoms with Crippen LogP contribution in [0.1, 0.15) is 37.9 Å². The van der Waals surface area contributed by atoms with Gasteiger partial charge in [0.2, 0.25) is 0 Å². The van der Waals surface area contributed by atoms with Crippen molar-refractivity contribution in [2.45, 2.75) is 46.7 Å². The van der Waals surface area contributed by atoms with Crippen LogP contribution in [0.25, 0.3) is 0 Å². The van der Waals surface area contributed by atoms with Crippen LogP contribution in [0.2, 0.25) is 0 Å². The highest BCUT2D eigenvalue weighted by atomic mass is 16.5. The number of rotatable bonds is 6. The van der Waals surface area contributed by atoms with Crippen LogP contribution in [0.3, 0.4) is 0 Å². The van der Waals surface area contributed by atoms with Gasteiger partial charge < -0.3 is 19.8 Å². The van der Waals surface area contributed by atoms with Crippen molar-refractivity contribution in [1.29, 1.82) is 0 Å². The normalized spacial score (nSPS) is 17.1. The number of furan rings is 1. The second kappa shape index (κ2) is 8.53. The lowest BCUT2D eigenvalue weighted by Crippen LogP contribution is -2.56. The van der Waals surface area contributed by atoms with Crippen LogP contribution < -0.4 is 10.6 Å². The molecule has 1 saturated heterocycles. The van der Waals surface area contributed by atoms with Gasteiger partial charge in [-0.2, -0.15) is 0 Å². The van der Waals surface area contributed by atoms with Gasteiger partial charge in [-0.3, -0.25) is 4.90 Å². The van der Waals surface area contributed by atoms with Crippen LogP contribution in [0.15, 0.2) is 15.5 Å². The summed E-state index contributed by atoms with van der Waals surface area (Å²) in [6.45, 7) is 16.5. The SMILES string of the molecule is CCNC(=NCc1cc(C)oc1C)NCC(C)(C)N1CCOCC1. The largest absolute Gasteiger partial charge is 0.466 e. The van der Waals surface area contributed by atoms with Gasteiger partial charge in [-0.1, -0.05) is 0 Å². The van der Waals surface area contributed by atoms with Gasteiger partial charge in [-0.25, -0.2) is 4.99 Å². The van der Waals surface area contributed by atoms with E-state index < -0.39 is 0 Å². The van der Waals surface area contributed by atoms with Gasteiger partial charge in [0.25, 0.3) is 0 Å². The molecule has 0 spiro atoms. The van der Waals surface area contributed by atoms with Crippen LogP contribution in [0.4, 0.5) is 0 Å². The van der Waals surface area contributed by atoms with Crippen molar-refractivity contribution < 1.29 is 9.15 Å². The molecule has 0 unspecified atom stereocenters. The summed E-state index contributed by atoms with van der Waals surface area (Å²) >= 11 is 0. The van der Waals surface area contributed by atoms with E-state index in [4.69, 9.17) is 14.1 Å². The Morgan fingerprint density at radius 1 is 1.25 bits per heavy atom. The van der Waals surface area contributed by atoms with Crippen molar-refractivity contribution in [1.82, 2.24) is 15.5 Å². The Bertz CT molecular complexity index is 545. The average Bonchev–Trinajstić information content (AvgIpc) is 2.88. The Kier molecular flexibility index (Phi) is 6.69. The highest BCUT2D eigenvalue weighted by Crippen LogP contribution is 2.16. The van der Waals surface area contributed by atoms with E-state index in [9.17, 15) is 0 Å². The van der Waals surface area contributed by atoms with Crippen LogP contribution in [0.5, 0.6) is 0 Å². The Balaban J connectivity index is 1.94. The molecule has 6 heteroatoms. The molecule has 2 heterocycles. The molecule has 0 atom stereocenters. The number of aliphatic imine (C=N–C) groups is 1. The van der Waals surface area contributed by atoms with Crippen molar-refractivity contribution in [2.24, 2.45) is 4.99 Å². The fourth-order valence-electron chi connectivity index (χ4n) is 2.93. The molecule has 1 fully saturated rings. The molecular weight excluding hydrogens is 304 g/mol. The lowest BCUT2D eigenvalue weighted by molar-refractivity contribution is -0.00834. The molecule has 0 radical (unpaired) electrons. The maximum Gasteiger partial charge on any atom is 0.191 e. The Hall–Kier alpha value is -1.53. The first kappa shape index (κ1) is 18.8. The lowest BCUT2D eigenvalue weighted by atomic mass is 10.0. The Morgan fingerprint density at radius 2 is 1.96 bits per heavy atom. The fourth-order valence-corrected chi connectivity index (χ4v) is 2.93. The summed E-state index contributed by atoms with van der Waals surface area (Å²) in [7, 11) is 0. The van der Waals surface area contributed by atoms with E-state index in [-0.39, 0.29) is 5.54 Å². The molecule has 0 aliphatic carbocycles. The Morgan fingerprint density at radius 3 is 2.54 bits per heavy atom. The number of aryl methyl sites for hydroxylation is 2. The molecule has 2 N–H and O–H groups in total. The van der Waals surface area contributed by atoms with Crippen molar-refractivity contribution in [3.63, 3.8) is 0 Å². The van der Waals surface area contributed by atoms with Gasteiger partial charge in [0.15, 0.2) is 5.96 Å². The molecule has 1 aliphatic heterocycles. The van der Waals surface area contributed by atoms with Gasteiger partial charge in [-0.05, 0) is 40.7 Å². The molecule has 0 saturated carbocycles. The molecule has 0 amide bonds. The molecule has 1 aliphatic rings. The number of hydrogen-bond acceptors (Lipinski definition) is 4. The summed E-state index contributed by atoms with van der Waals surface area (Å²) in [5.41, 5.74) is 1.19. The third-order valence-corrected chi connectivity index (χ3v) is 4.45. The third kappa shape index (κ3) is 5.24. The summed E-state index contributed by atoms with van der Waals surface area (Å²) in [5.74, 6) is 2.72. The number of nitrogens with one attached hydrogen (secondary N) is 2. The van der Waals surface area contributed by atoms with Crippen LogP contribution in [-0.2, 0) is 11.3 Å². The van der Waals surface area contributed by atoms with Crippen molar-refractivity contribution in [2.75, 3.05) is 39.4 Å². The number of hydrogen-bond donors (Lipinski definition) is 2. The summed E-state index contributed by atoms with van der Waals surface area (Å²) in [6, 6.07) is 2.06. The van der Waals surface area contributed by atoms with Crippen molar-refractivity contribution >= 4 is 5.96 Å². The maximum atomic E-state index is 5.57. The molecule has 0 aromatic carbocycles. The predicted octanol–water partition coefficient (Wildman–Crippen LogP) is 2.06. The smallest absolute Gasteiger partial charge is 0.191 e. The topological polar surface area (TPSA) is 62.0 Å². The summed E-state index contributed by atoms with van der Waals surface area (Å²) in [6.07, 6.45) is 0. The average molecular weight is 336 g/mol. The minimum absolute atomic E-state index is 0.0577. The zero-order valence-electron chi connectivity index (χ0n) is 15.7. The van der Waals surface area contributed by atoms with Gasteiger partial charge in [0, 0.05) is 37.3 Å². The number of nitrogens with zero attached hydrogens (tertiary/aromatic N) is 2. The summed E-state index contributed by atoms with van der Waals surface area (Å²) in [4.78, 5) is 7.17. The van der Waals surface area contributed by atoms with E-state index in [2.05, 4.69) is 42.4 Å². The van der Waals surface area contributed by atoms with E-state index >= 15 is 0 Å². The highest BCUT2D eigenvalue weighted by Gasteiger charge is 2.28. The fraction of sp³-hybridized carbons (Fsp3) is 0.722. The number of morpholine rings is 1. The molecular formula is C18H32N4O2. The van der Waals surface area contributed by atoms with E-state index in [1.165, 1.54) is 0 Å². The minimum atomic E-state index is 0.0577. The molecule has 136 valence electrons. The molecule has 2 rings (SSSR count). The van der Waals surface area contributed by atoms with Gasteiger partial charge in [0.05, 0.1) is 19.8 Å². The molecule has 1 aromatic rings. The Labute approximate surface area is 145 Å². The number of guanidine groups is 1. The zero-order chi connectivity index (χ0) is 17.6. The highest BCUT2D eigenvalue weighted by molar-refractivity contribution is 5.79. The van der Waals surface area contributed by atoms with Crippen molar-refractivity contribution in [3.05, 3.63) is 23.2 Å². The van der Waals surface area contributed by atoms with Crippen LogP contribution >= 0.6 is 0 Å².